The quantitative estimate of drug-likeness (QED) is 0.859. The number of carbonyl (C=O) groups excluding carboxylic acids is 1. The van der Waals surface area contributed by atoms with Crippen LogP contribution in [0.3, 0.4) is 0 Å². The highest BCUT2D eigenvalue weighted by Gasteiger charge is 2.63. The maximum absolute atomic E-state index is 12.8. The molecule has 0 aliphatic rings. The molecule has 20 heavy (non-hydrogen) atoms. The van der Waals surface area contributed by atoms with Gasteiger partial charge in [-0.3, -0.25) is 4.79 Å². The number of thiazole rings is 1. The summed E-state index contributed by atoms with van der Waals surface area (Å²) in [5, 5.41) is 2.27. The smallest absolute Gasteiger partial charge is 0.320 e. The van der Waals surface area contributed by atoms with Crippen molar-refractivity contribution in [1.29, 1.82) is 0 Å². The Morgan fingerprint density at radius 1 is 1.25 bits per heavy atom. The molecule has 1 aromatic heterocycles. The number of aromatic nitrogens is 1. The van der Waals surface area contributed by atoms with E-state index in [0.29, 0.717) is 15.2 Å². The zero-order chi connectivity index (χ0) is 15.1. The van der Waals surface area contributed by atoms with Crippen molar-refractivity contribution in [3.05, 3.63) is 23.2 Å². The van der Waals surface area contributed by atoms with Crippen LogP contribution >= 0.6 is 11.3 Å². The molecule has 2 rings (SSSR count). The van der Waals surface area contributed by atoms with Crippen molar-refractivity contribution in [3.63, 3.8) is 0 Å². The van der Waals surface area contributed by atoms with E-state index in [-0.39, 0.29) is 5.69 Å². The molecule has 1 aromatic carbocycles. The second kappa shape index (κ2) is 4.65. The molecule has 108 valence electrons. The zero-order valence-electron chi connectivity index (χ0n) is 9.89. The molecule has 2 aromatic rings. The molecule has 9 heteroatoms. The summed E-state index contributed by atoms with van der Waals surface area (Å²) in [5.41, 5.74) is 0.433. The number of alkyl halides is 5. The Bertz CT molecular complexity index is 664. The van der Waals surface area contributed by atoms with Crippen molar-refractivity contribution in [2.75, 3.05) is 5.32 Å². The maximum Gasteiger partial charge on any atom is 0.463 e. The summed E-state index contributed by atoms with van der Waals surface area (Å²) in [6.07, 6.45) is -5.93. The van der Waals surface area contributed by atoms with Crippen LogP contribution < -0.4 is 5.32 Å². The van der Waals surface area contributed by atoms with Crippen LogP contribution in [0.4, 0.5) is 27.6 Å². The minimum Gasteiger partial charge on any atom is -0.320 e. The SMILES string of the molecule is Cc1nc2ccc(NC(=O)C(F)(F)C(F)(F)F)cc2s1. The number of nitrogens with zero attached hydrogens (tertiary/aromatic N) is 1. The van der Waals surface area contributed by atoms with Gasteiger partial charge in [-0.1, -0.05) is 0 Å². The van der Waals surface area contributed by atoms with Gasteiger partial charge < -0.3 is 5.32 Å². The van der Waals surface area contributed by atoms with Crippen LogP contribution in [-0.2, 0) is 4.79 Å². The molecule has 1 heterocycles. The largest absolute Gasteiger partial charge is 0.463 e. The first-order chi connectivity index (χ1) is 9.11. The van der Waals surface area contributed by atoms with Gasteiger partial charge in [0.15, 0.2) is 0 Å². The fraction of sp³-hybridized carbons (Fsp3) is 0.273. The molecular formula is C11H7F5N2OS. The van der Waals surface area contributed by atoms with Crippen molar-refractivity contribution >= 4 is 33.1 Å². The predicted molar refractivity (Wildman–Crippen MR) is 64.0 cm³/mol. The van der Waals surface area contributed by atoms with E-state index in [1.807, 2.05) is 0 Å². The summed E-state index contributed by atoms with van der Waals surface area (Å²) in [5.74, 6) is -7.85. The number of anilines is 1. The Balaban J connectivity index is 2.26. The molecule has 0 aliphatic carbocycles. The summed E-state index contributed by atoms with van der Waals surface area (Å²) in [7, 11) is 0. The molecule has 0 fully saturated rings. The second-order valence-electron chi connectivity index (χ2n) is 3.94. The average molecular weight is 310 g/mol. The average Bonchev–Trinajstić information content (AvgIpc) is 2.66. The highest BCUT2D eigenvalue weighted by Crippen LogP contribution is 2.36. The summed E-state index contributed by atoms with van der Waals surface area (Å²) in [4.78, 5) is 15.1. The van der Waals surface area contributed by atoms with Gasteiger partial charge in [-0.05, 0) is 25.1 Å². The third kappa shape index (κ3) is 2.58. The number of amides is 1. The summed E-state index contributed by atoms with van der Waals surface area (Å²) >= 11 is 1.23. The van der Waals surface area contributed by atoms with Crippen molar-refractivity contribution in [2.24, 2.45) is 0 Å². The van der Waals surface area contributed by atoms with Crippen LogP contribution in [0.2, 0.25) is 0 Å². The fourth-order valence-electron chi connectivity index (χ4n) is 1.46. The van der Waals surface area contributed by atoms with Gasteiger partial charge >= 0.3 is 18.0 Å². The van der Waals surface area contributed by atoms with E-state index in [2.05, 4.69) is 4.98 Å². The van der Waals surface area contributed by atoms with Crippen LogP contribution in [-0.4, -0.2) is 23.0 Å². The molecule has 1 N–H and O–H groups in total. The lowest BCUT2D eigenvalue weighted by Gasteiger charge is -2.18. The topological polar surface area (TPSA) is 42.0 Å². The van der Waals surface area contributed by atoms with E-state index in [1.54, 1.807) is 12.2 Å². The number of nitrogens with one attached hydrogen (secondary N) is 1. The third-order valence-electron chi connectivity index (χ3n) is 2.39. The van der Waals surface area contributed by atoms with Crippen molar-refractivity contribution in [2.45, 2.75) is 19.0 Å². The van der Waals surface area contributed by atoms with Gasteiger partial charge in [-0.15, -0.1) is 11.3 Å². The van der Waals surface area contributed by atoms with E-state index in [4.69, 9.17) is 0 Å². The van der Waals surface area contributed by atoms with Crippen LogP contribution in [0.25, 0.3) is 10.2 Å². The maximum atomic E-state index is 12.8. The monoisotopic (exact) mass is 310 g/mol. The molecule has 0 radical (unpaired) electrons. The Labute approximate surface area is 113 Å². The first kappa shape index (κ1) is 14.6. The van der Waals surface area contributed by atoms with Gasteiger partial charge in [-0.25, -0.2) is 4.98 Å². The Morgan fingerprint density at radius 2 is 1.90 bits per heavy atom. The lowest BCUT2D eigenvalue weighted by Crippen LogP contribution is -2.47. The Hall–Kier alpha value is -1.77. The van der Waals surface area contributed by atoms with E-state index in [1.165, 1.54) is 29.5 Å². The number of rotatable bonds is 2. The molecule has 0 aliphatic heterocycles. The Morgan fingerprint density at radius 3 is 2.50 bits per heavy atom. The summed E-state index contributed by atoms with van der Waals surface area (Å²) < 4.78 is 62.2. The van der Waals surface area contributed by atoms with E-state index < -0.39 is 18.0 Å². The van der Waals surface area contributed by atoms with E-state index in [0.717, 1.165) is 0 Å². The van der Waals surface area contributed by atoms with Crippen LogP contribution in [0.15, 0.2) is 18.2 Å². The number of carbonyl (C=O) groups is 1. The molecule has 3 nitrogen and oxygen atoms in total. The van der Waals surface area contributed by atoms with E-state index in [9.17, 15) is 26.7 Å². The fourth-order valence-corrected chi connectivity index (χ4v) is 2.32. The summed E-state index contributed by atoms with van der Waals surface area (Å²) in [6.45, 7) is 1.72. The zero-order valence-corrected chi connectivity index (χ0v) is 10.7. The lowest BCUT2D eigenvalue weighted by molar-refractivity contribution is -0.267. The van der Waals surface area contributed by atoms with Gasteiger partial charge in [0.1, 0.15) is 0 Å². The molecule has 0 bridgehead atoms. The second-order valence-corrected chi connectivity index (χ2v) is 5.18. The summed E-state index contributed by atoms with van der Waals surface area (Å²) in [6, 6.07) is 3.94. The standard InChI is InChI=1S/C11H7F5N2OS/c1-5-17-7-3-2-6(4-8(7)20-5)18-9(19)10(12,13)11(14,15)16/h2-4H,1H3,(H,18,19). The molecule has 0 spiro atoms. The number of hydrogen-bond acceptors (Lipinski definition) is 3. The van der Waals surface area contributed by atoms with Crippen molar-refractivity contribution < 1.29 is 26.7 Å². The van der Waals surface area contributed by atoms with Gasteiger partial charge in [0.05, 0.1) is 15.2 Å². The molecule has 0 unspecified atom stereocenters. The molecule has 1 amide bonds. The van der Waals surface area contributed by atoms with Gasteiger partial charge in [0.25, 0.3) is 0 Å². The number of fused-ring (bicyclic) bond motifs is 1. The number of benzene rings is 1. The minimum atomic E-state index is -5.93. The van der Waals surface area contributed by atoms with E-state index >= 15 is 0 Å². The third-order valence-corrected chi connectivity index (χ3v) is 3.33. The highest BCUT2D eigenvalue weighted by molar-refractivity contribution is 7.18. The number of hydrogen-bond donors (Lipinski definition) is 1. The first-order valence-corrected chi connectivity index (χ1v) is 6.06. The van der Waals surface area contributed by atoms with Gasteiger partial charge in [0.2, 0.25) is 0 Å². The van der Waals surface area contributed by atoms with Crippen LogP contribution in [0.5, 0.6) is 0 Å². The number of aryl methyl sites for hydroxylation is 1. The van der Waals surface area contributed by atoms with Gasteiger partial charge in [0, 0.05) is 5.69 Å². The predicted octanol–water partition coefficient (Wildman–Crippen LogP) is 3.74. The normalized spacial score (nSPS) is 12.7. The van der Waals surface area contributed by atoms with Gasteiger partial charge in [-0.2, -0.15) is 22.0 Å². The molecular weight excluding hydrogens is 303 g/mol. The highest BCUT2D eigenvalue weighted by atomic mass is 32.1. The first-order valence-electron chi connectivity index (χ1n) is 5.24. The Kier molecular flexibility index (Phi) is 3.41. The van der Waals surface area contributed by atoms with Crippen LogP contribution in [0.1, 0.15) is 5.01 Å². The molecule has 0 saturated heterocycles. The number of halogens is 5. The lowest BCUT2D eigenvalue weighted by atomic mass is 10.2. The molecule has 0 atom stereocenters. The van der Waals surface area contributed by atoms with Crippen LogP contribution in [0, 0.1) is 6.92 Å². The molecule has 0 saturated carbocycles. The van der Waals surface area contributed by atoms with Crippen molar-refractivity contribution in [1.82, 2.24) is 4.98 Å². The minimum absolute atomic E-state index is 0.143. The van der Waals surface area contributed by atoms with Crippen molar-refractivity contribution in [3.8, 4) is 0 Å².